The van der Waals surface area contributed by atoms with Crippen LogP contribution >= 0.6 is 0 Å². The Morgan fingerprint density at radius 1 is 1.15 bits per heavy atom. The Kier molecular flexibility index (Phi) is 6.72. The Balaban J connectivity index is 1.49. The number of carbonyl (C=O) groups is 2. The summed E-state index contributed by atoms with van der Waals surface area (Å²) < 4.78 is 10.4. The van der Waals surface area contributed by atoms with Crippen LogP contribution in [0.2, 0.25) is 0 Å². The number of hydrogen-bond donors (Lipinski definition) is 0. The van der Waals surface area contributed by atoms with E-state index in [1.54, 1.807) is 36.1 Å². The zero-order valence-electron chi connectivity index (χ0n) is 19.1. The van der Waals surface area contributed by atoms with Gasteiger partial charge in [-0.1, -0.05) is 23.4 Å². The number of methoxy groups -OCH3 is 1. The maximum Gasteiger partial charge on any atom is 0.276 e. The van der Waals surface area contributed by atoms with Gasteiger partial charge in [0.05, 0.1) is 18.8 Å². The molecule has 1 saturated heterocycles. The van der Waals surface area contributed by atoms with E-state index in [-0.39, 0.29) is 23.8 Å². The minimum Gasteiger partial charge on any atom is -0.497 e. The number of aryl methyl sites for hydroxylation is 1. The summed E-state index contributed by atoms with van der Waals surface area (Å²) in [6, 6.07) is 14.7. The van der Waals surface area contributed by atoms with Crippen LogP contribution in [0.25, 0.3) is 0 Å². The second-order valence-corrected chi connectivity index (χ2v) is 8.27. The first-order chi connectivity index (χ1) is 16.0. The van der Waals surface area contributed by atoms with Crippen LogP contribution in [0.4, 0.5) is 0 Å². The number of hydrogen-bond acceptors (Lipinski definition) is 6. The fraction of sp³-hybridized carbons (Fsp3) is 0.360. The van der Waals surface area contributed by atoms with Crippen LogP contribution in [0.15, 0.2) is 59.3 Å². The van der Waals surface area contributed by atoms with Crippen molar-refractivity contribution in [2.45, 2.75) is 25.8 Å². The molecule has 1 atom stereocenters. The fourth-order valence-electron chi connectivity index (χ4n) is 4.32. The topological polar surface area (TPSA) is 88.8 Å². The summed E-state index contributed by atoms with van der Waals surface area (Å²) in [6.45, 7) is 2.76. The highest BCUT2D eigenvalue weighted by Gasteiger charge is 2.34. The first-order valence-electron chi connectivity index (χ1n) is 11.0. The quantitative estimate of drug-likeness (QED) is 0.574. The number of pyridine rings is 1. The van der Waals surface area contributed by atoms with E-state index in [2.05, 4.69) is 10.1 Å². The largest absolute Gasteiger partial charge is 0.497 e. The molecule has 1 fully saturated rings. The number of aromatic nitrogens is 2. The molecule has 4 rings (SSSR count). The molecule has 0 spiro atoms. The van der Waals surface area contributed by atoms with Gasteiger partial charge in [0.25, 0.3) is 5.91 Å². The van der Waals surface area contributed by atoms with Crippen LogP contribution in [-0.4, -0.2) is 59.0 Å². The molecular formula is C25H28N4O4. The van der Waals surface area contributed by atoms with Crippen molar-refractivity contribution >= 4 is 11.8 Å². The van der Waals surface area contributed by atoms with Crippen LogP contribution in [-0.2, 0) is 4.79 Å². The van der Waals surface area contributed by atoms with Crippen molar-refractivity contribution in [3.05, 3.63) is 77.4 Å². The zero-order chi connectivity index (χ0) is 23.4. The molecule has 0 saturated carbocycles. The van der Waals surface area contributed by atoms with Crippen LogP contribution in [0.3, 0.4) is 0 Å². The number of amides is 2. The van der Waals surface area contributed by atoms with Gasteiger partial charge in [-0.3, -0.25) is 14.6 Å². The Morgan fingerprint density at radius 3 is 2.58 bits per heavy atom. The Bertz CT molecular complexity index is 1110. The summed E-state index contributed by atoms with van der Waals surface area (Å²) in [4.78, 5) is 34.2. The molecule has 2 amide bonds. The molecule has 8 heteroatoms. The highest BCUT2D eigenvalue weighted by Crippen LogP contribution is 2.31. The average molecular weight is 449 g/mol. The standard InChI is InChI=1S/C25H28N4O4/c1-17-15-22(27-33-17)25(31)29-13-10-18(11-14-29)24(30)28(2)23(21-9-4-5-12-26-21)19-7-6-8-20(16-19)32-3/h4-9,12,15-16,18,23H,10-11,13-14H2,1-3H3. The van der Waals surface area contributed by atoms with Gasteiger partial charge in [-0.15, -0.1) is 0 Å². The second kappa shape index (κ2) is 9.85. The van der Waals surface area contributed by atoms with Crippen molar-refractivity contribution in [1.82, 2.24) is 19.9 Å². The van der Waals surface area contributed by atoms with Gasteiger partial charge in [0.1, 0.15) is 11.5 Å². The smallest absolute Gasteiger partial charge is 0.276 e. The van der Waals surface area contributed by atoms with Gasteiger partial charge in [0, 0.05) is 38.3 Å². The van der Waals surface area contributed by atoms with Crippen molar-refractivity contribution < 1.29 is 18.8 Å². The highest BCUT2D eigenvalue weighted by atomic mass is 16.5. The molecule has 8 nitrogen and oxygen atoms in total. The summed E-state index contributed by atoms with van der Waals surface area (Å²) in [5.41, 5.74) is 2.02. The lowest BCUT2D eigenvalue weighted by Crippen LogP contribution is -2.44. The molecule has 1 aromatic carbocycles. The number of likely N-dealkylation sites (tertiary alicyclic amines) is 1. The Morgan fingerprint density at radius 2 is 1.94 bits per heavy atom. The monoisotopic (exact) mass is 448 g/mol. The molecule has 0 bridgehead atoms. The molecule has 33 heavy (non-hydrogen) atoms. The van der Waals surface area contributed by atoms with Gasteiger partial charge in [-0.2, -0.15) is 0 Å². The van der Waals surface area contributed by atoms with E-state index in [1.165, 1.54) is 0 Å². The molecule has 1 unspecified atom stereocenters. The predicted octanol–water partition coefficient (Wildman–Crippen LogP) is 3.49. The first-order valence-corrected chi connectivity index (χ1v) is 11.0. The van der Waals surface area contributed by atoms with Crippen LogP contribution in [0.5, 0.6) is 5.75 Å². The predicted molar refractivity (Wildman–Crippen MR) is 122 cm³/mol. The summed E-state index contributed by atoms with van der Waals surface area (Å²) in [5, 5.41) is 3.82. The molecule has 1 aliphatic heterocycles. The molecule has 3 aromatic rings. The molecular weight excluding hydrogens is 420 g/mol. The first kappa shape index (κ1) is 22.5. The summed E-state index contributed by atoms with van der Waals surface area (Å²) in [5.74, 6) is 1.04. The third kappa shape index (κ3) is 4.89. The number of benzene rings is 1. The van der Waals surface area contributed by atoms with E-state index in [0.29, 0.717) is 37.4 Å². The average Bonchev–Trinajstić information content (AvgIpc) is 3.30. The third-order valence-corrected chi connectivity index (χ3v) is 6.09. The lowest BCUT2D eigenvalue weighted by atomic mass is 9.93. The van der Waals surface area contributed by atoms with E-state index in [0.717, 1.165) is 17.0 Å². The summed E-state index contributed by atoms with van der Waals surface area (Å²) in [6.07, 6.45) is 2.92. The van der Waals surface area contributed by atoms with Gasteiger partial charge in [0.15, 0.2) is 5.69 Å². The molecule has 0 N–H and O–H groups in total. The summed E-state index contributed by atoms with van der Waals surface area (Å²) >= 11 is 0. The SMILES string of the molecule is COc1cccc(C(c2ccccn2)N(C)C(=O)C2CCN(C(=O)c3cc(C)on3)CC2)c1. The molecule has 1 aliphatic rings. The van der Waals surface area contributed by atoms with E-state index < -0.39 is 0 Å². The third-order valence-electron chi connectivity index (χ3n) is 6.09. The molecule has 2 aromatic heterocycles. The minimum atomic E-state index is -0.341. The van der Waals surface area contributed by atoms with Gasteiger partial charge in [0.2, 0.25) is 5.91 Å². The van der Waals surface area contributed by atoms with Gasteiger partial charge in [-0.05, 0) is 49.6 Å². The van der Waals surface area contributed by atoms with E-state index in [9.17, 15) is 9.59 Å². The second-order valence-electron chi connectivity index (χ2n) is 8.27. The Labute approximate surface area is 193 Å². The van der Waals surface area contributed by atoms with E-state index in [1.807, 2.05) is 49.5 Å². The molecule has 3 heterocycles. The lowest BCUT2D eigenvalue weighted by Gasteiger charge is -2.35. The van der Waals surface area contributed by atoms with Crippen molar-refractivity contribution in [2.75, 3.05) is 27.2 Å². The number of carbonyl (C=O) groups excluding carboxylic acids is 2. The Hall–Kier alpha value is -3.68. The van der Waals surface area contributed by atoms with Crippen LogP contribution < -0.4 is 4.74 Å². The number of ether oxygens (including phenoxy) is 1. The van der Waals surface area contributed by atoms with Crippen LogP contribution in [0, 0.1) is 12.8 Å². The minimum absolute atomic E-state index is 0.0397. The number of nitrogens with zero attached hydrogens (tertiary/aromatic N) is 4. The molecule has 0 radical (unpaired) electrons. The van der Waals surface area contributed by atoms with Gasteiger partial charge >= 0.3 is 0 Å². The van der Waals surface area contributed by atoms with Crippen molar-refractivity contribution in [2.24, 2.45) is 5.92 Å². The van der Waals surface area contributed by atoms with E-state index in [4.69, 9.17) is 9.26 Å². The van der Waals surface area contributed by atoms with E-state index >= 15 is 0 Å². The van der Waals surface area contributed by atoms with Crippen molar-refractivity contribution in [3.8, 4) is 5.75 Å². The maximum atomic E-state index is 13.5. The van der Waals surface area contributed by atoms with Gasteiger partial charge in [-0.25, -0.2) is 0 Å². The molecule has 172 valence electrons. The van der Waals surface area contributed by atoms with Crippen LogP contribution in [0.1, 0.15) is 46.4 Å². The normalized spacial score (nSPS) is 15.2. The zero-order valence-corrected chi connectivity index (χ0v) is 19.1. The highest BCUT2D eigenvalue weighted by molar-refractivity contribution is 5.92. The maximum absolute atomic E-state index is 13.5. The van der Waals surface area contributed by atoms with Gasteiger partial charge < -0.3 is 19.1 Å². The number of rotatable bonds is 6. The van der Waals surface area contributed by atoms with Crippen molar-refractivity contribution in [3.63, 3.8) is 0 Å². The molecule has 0 aliphatic carbocycles. The number of piperidine rings is 1. The summed E-state index contributed by atoms with van der Waals surface area (Å²) in [7, 11) is 3.44. The fourth-order valence-corrected chi connectivity index (χ4v) is 4.32. The lowest BCUT2D eigenvalue weighted by molar-refractivity contribution is -0.137. The van der Waals surface area contributed by atoms with Crippen molar-refractivity contribution in [1.29, 1.82) is 0 Å².